The molecule has 0 saturated carbocycles. The van der Waals surface area contributed by atoms with Crippen molar-refractivity contribution in [2.75, 3.05) is 12.9 Å². The molecule has 0 saturated heterocycles. The number of hydrogen-bond donors (Lipinski definition) is 0. The van der Waals surface area contributed by atoms with Gasteiger partial charge in [-0.05, 0) is 0 Å². The Morgan fingerprint density at radius 3 is 2.44 bits per heavy atom. The van der Waals surface area contributed by atoms with Crippen LogP contribution in [0.5, 0.6) is 0 Å². The van der Waals surface area contributed by atoms with E-state index in [1.165, 1.54) is 7.11 Å². The fourth-order valence-electron chi connectivity index (χ4n) is 0.404. The molecule has 0 fully saturated rings. The van der Waals surface area contributed by atoms with E-state index in [2.05, 4.69) is 4.18 Å². The summed E-state index contributed by atoms with van der Waals surface area (Å²) in [6.07, 6.45) is 0.738. The van der Waals surface area contributed by atoms with Gasteiger partial charge < -0.3 is 0 Å². The second-order valence-electron chi connectivity index (χ2n) is 1.78. The van der Waals surface area contributed by atoms with Crippen molar-refractivity contribution in [3.8, 4) is 0 Å². The Morgan fingerprint density at radius 2 is 2.11 bits per heavy atom. The molecule has 0 rings (SSSR count). The van der Waals surface area contributed by atoms with Crippen LogP contribution in [0.1, 0.15) is 6.42 Å². The van der Waals surface area contributed by atoms with Gasteiger partial charge in [0.25, 0.3) is 0 Å². The monoisotopic (exact) mass is 160 g/mol. The Labute approximate surface area is 73.3 Å². The average molecular weight is 160 g/mol. The van der Waals surface area contributed by atoms with E-state index in [1.807, 2.05) is 0 Å². The zero-order chi connectivity index (χ0) is 7.33. The van der Waals surface area contributed by atoms with Gasteiger partial charge in [0.05, 0.1) is 0 Å². The first kappa shape index (κ1) is 9.91. The molecule has 9 heavy (non-hydrogen) atoms. The summed E-state index contributed by atoms with van der Waals surface area (Å²) >= 11 is 1.06. The predicted octanol–water partition coefficient (Wildman–Crippen LogP) is -0.0605. The van der Waals surface area contributed by atoms with E-state index in [4.69, 9.17) is 0 Å². The van der Waals surface area contributed by atoms with Crippen LogP contribution in [0.2, 0.25) is 3.67 Å². The Bertz CT molecular complexity index is 151. The molecule has 50 valence electrons. The summed E-state index contributed by atoms with van der Waals surface area (Å²) < 4.78 is 26.3. The molecule has 0 spiro atoms. The minimum atomic E-state index is -3.16. The van der Waals surface area contributed by atoms with Gasteiger partial charge in [-0.25, -0.2) is 0 Å². The third-order valence-corrected chi connectivity index (χ3v) is 3.01. The molecule has 0 aliphatic rings. The Hall–Kier alpha value is 0.910. The SMILES string of the molecule is COS(=O)(=O)CC[CH2][Na]. The molecule has 0 aromatic heterocycles. The molecule has 5 heteroatoms. The fraction of sp³-hybridized carbons (Fsp3) is 1.00. The van der Waals surface area contributed by atoms with Gasteiger partial charge in [-0.15, -0.1) is 0 Å². The van der Waals surface area contributed by atoms with Crippen LogP contribution in [0.4, 0.5) is 0 Å². The first-order chi connectivity index (χ1) is 4.12. The van der Waals surface area contributed by atoms with Crippen molar-refractivity contribution in [3.63, 3.8) is 0 Å². The average Bonchev–Trinajstić information content (AvgIpc) is 1.84. The molecule has 0 N–H and O–H groups in total. The summed E-state index contributed by atoms with van der Waals surface area (Å²) in [5, 5.41) is 0. The molecular formula is C4H9NaO3S. The van der Waals surface area contributed by atoms with E-state index < -0.39 is 10.1 Å². The van der Waals surface area contributed by atoms with Crippen LogP contribution in [0.15, 0.2) is 0 Å². The molecule has 0 bridgehead atoms. The van der Waals surface area contributed by atoms with Crippen LogP contribution in [-0.2, 0) is 14.3 Å². The van der Waals surface area contributed by atoms with Crippen LogP contribution >= 0.6 is 0 Å². The summed E-state index contributed by atoms with van der Waals surface area (Å²) in [7, 11) is -1.96. The van der Waals surface area contributed by atoms with Gasteiger partial charge in [0.1, 0.15) is 0 Å². The molecule has 0 unspecified atom stereocenters. The van der Waals surface area contributed by atoms with E-state index >= 15 is 0 Å². The molecule has 3 nitrogen and oxygen atoms in total. The molecule has 0 atom stereocenters. The third-order valence-electron chi connectivity index (χ3n) is 1.00. The van der Waals surface area contributed by atoms with E-state index in [0.717, 1.165) is 38.0 Å². The standard InChI is InChI=1S/C4H9O3S.Na/c1-3-4-8(5,6)7-2;/h1,3-4H2,2H3;. The first-order valence-corrected chi connectivity index (χ1v) is 5.90. The minimum absolute atomic E-state index is 0.174. The molecule has 0 heterocycles. The second kappa shape index (κ2) is 4.68. The van der Waals surface area contributed by atoms with E-state index in [9.17, 15) is 8.42 Å². The molecule has 0 radical (unpaired) electrons. The van der Waals surface area contributed by atoms with E-state index in [0.29, 0.717) is 0 Å². The Morgan fingerprint density at radius 1 is 1.56 bits per heavy atom. The summed E-state index contributed by atoms with van der Waals surface area (Å²) in [5.41, 5.74) is 0. The van der Waals surface area contributed by atoms with Gasteiger partial charge in [0.2, 0.25) is 0 Å². The molecule has 0 aliphatic heterocycles. The van der Waals surface area contributed by atoms with Gasteiger partial charge in [-0.3, -0.25) is 0 Å². The summed E-state index contributed by atoms with van der Waals surface area (Å²) in [6.45, 7) is 0. The van der Waals surface area contributed by atoms with Crippen molar-refractivity contribution in [2.24, 2.45) is 0 Å². The summed E-state index contributed by atoms with van der Waals surface area (Å²) in [4.78, 5) is 0. The van der Waals surface area contributed by atoms with Crippen LogP contribution < -0.4 is 0 Å². The van der Waals surface area contributed by atoms with Gasteiger partial charge in [-0.2, -0.15) is 0 Å². The predicted molar refractivity (Wildman–Crippen MR) is 36.0 cm³/mol. The summed E-state index contributed by atoms with van der Waals surface area (Å²) in [5.74, 6) is 0.174. The van der Waals surface area contributed by atoms with Crippen molar-refractivity contribution >= 4 is 38.0 Å². The number of hydrogen-bond acceptors (Lipinski definition) is 3. The van der Waals surface area contributed by atoms with Gasteiger partial charge >= 0.3 is 73.6 Å². The maximum atomic E-state index is 10.6. The van der Waals surface area contributed by atoms with Crippen molar-refractivity contribution in [2.45, 2.75) is 10.1 Å². The molecule has 0 aromatic rings. The van der Waals surface area contributed by atoms with Crippen LogP contribution in [0, 0.1) is 0 Å². The molecule has 0 aliphatic carbocycles. The fourth-order valence-corrected chi connectivity index (χ4v) is 2.08. The van der Waals surface area contributed by atoms with Crippen molar-refractivity contribution in [3.05, 3.63) is 0 Å². The Kier molecular flexibility index (Phi) is 5.16. The zero-order valence-electron chi connectivity index (χ0n) is 5.75. The summed E-state index contributed by atoms with van der Waals surface area (Å²) in [6, 6.07) is 0. The van der Waals surface area contributed by atoms with Gasteiger partial charge in [-0.1, -0.05) is 0 Å². The van der Waals surface area contributed by atoms with Crippen LogP contribution in [0.25, 0.3) is 0 Å². The molecular weight excluding hydrogens is 151 g/mol. The van der Waals surface area contributed by atoms with Crippen LogP contribution in [-0.4, -0.2) is 49.2 Å². The maximum absolute atomic E-state index is 10.6. The zero-order valence-corrected chi connectivity index (χ0v) is 8.57. The van der Waals surface area contributed by atoms with Crippen LogP contribution in [0.3, 0.4) is 0 Å². The van der Waals surface area contributed by atoms with Crippen molar-refractivity contribution in [1.82, 2.24) is 0 Å². The molecule has 0 amide bonds. The second-order valence-corrected chi connectivity index (χ2v) is 4.64. The third kappa shape index (κ3) is 5.36. The van der Waals surface area contributed by atoms with E-state index in [1.54, 1.807) is 0 Å². The topological polar surface area (TPSA) is 43.4 Å². The van der Waals surface area contributed by atoms with Gasteiger partial charge in [0.15, 0.2) is 0 Å². The Balaban J connectivity index is 3.61. The quantitative estimate of drug-likeness (QED) is 0.427. The number of rotatable bonds is 4. The van der Waals surface area contributed by atoms with Crippen molar-refractivity contribution < 1.29 is 12.6 Å². The van der Waals surface area contributed by atoms with Gasteiger partial charge in [0, 0.05) is 0 Å². The van der Waals surface area contributed by atoms with Crippen molar-refractivity contribution in [1.29, 1.82) is 0 Å². The van der Waals surface area contributed by atoms with E-state index in [-0.39, 0.29) is 5.75 Å². The first-order valence-electron chi connectivity index (χ1n) is 2.90. The normalized spacial score (nSPS) is 11.9. The molecule has 0 aromatic carbocycles.